The van der Waals surface area contributed by atoms with Gasteiger partial charge in [0, 0.05) is 50.6 Å². The Labute approximate surface area is 141 Å². The van der Waals surface area contributed by atoms with Crippen LogP contribution in [-0.4, -0.2) is 45.8 Å². The molecule has 0 aliphatic carbocycles. The number of nitrogens with zero attached hydrogens (tertiary/aromatic N) is 5. The summed E-state index contributed by atoms with van der Waals surface area (Å²) in [4.78, 5) is 15.3. The average molecular weight is 328 g/mol. The number of piperidine rings is 1. The topological polar surface area (TPSA) is 82.1 Å². The summed E-state index contributed by atoms with van der Waals surface area (Å²) >= 11 is 0. The summed E-state index contributed by atoms with van der Waals surface area (Å²) < 4.78 is 7.65. The number of aromatic nitrogens is 4. The summed E-state index contributed by atoms with van der Waals surface area (Å²) in [5.41, 5.74) is 6.98. The lowest BCUT2D eigenvalue weighted by Crippen LogP contribution is -2.35. The van der Waals surface area contributed by atoms with Crippen molar-refractivity contribution in [1.29, 1.82) is 0 Å². The Morgan fingerprint density at radius 3 is 2.79 bits per heavy atom. The summed E-state index contributed by atoms with van der Waals surface area (Å²) in [6.45, 7) is 4.61. The van der Waals surface area contributed by atoms with Crippen molar-refractivity contribution in [3.8, 4) is 0 Å². The Hall–Kier alpha value is -2.15. The lowest BCUT2D eigenvalue weighted by molar-refractivity contribution is 0.193. The van der Waals surface area contributed by atoms with Gasteiger partial charge in [0.2, 0.25) is 5.95 Å². The molecule has 7 nitrogen and oxygen atoms in total. The molecule has 2 aliphatic rings. The minimum absolute atomic E-state index is 0.354. The highest BCUT2D eigenvalue weighted by Crippen LogP contribution is 2.29. The van der Waals surface area contributed by atoms with E-state index in [1.54, 1.807) is 0 Å². The molecule has 0 bridgehead atoms. The van der Waals surface area contributed by atoms with Crippen LogP contribution in [-0.2, 0) is 11.3 Å². The average Bonchev–Trinajstić information content (AvgIpc) is 3.29. The highest BCUT2D eigenvalue weighted by atomic mass is 16.5. The fourth-order valence-electron chi connectivity index (χ4n) is 3.65. The number of hydrogen-bond acceptors (Lipinski definition) is 6. The van der Waals surface area contributed by atoms with Crippen molar-refractivity contribution in [2.75, 3.05) is 36.9 Å². The van der Waals surface area contributed by atoms with Crippen molar-refractivity contribution >= 4 is 11.8 Å². The van der Waals surface area contributed by atoms with Crippen LogP contribution in [0.25, 0.3) is 0 Å². The molecule has 2 N–H and O–H groups in total. The van der Waals surface area contributed by atoms with E-state index in [1.807, 2.05) is 18.7 Å². The zero-order valence-electron chi connectivity index (χ0n) is 13.8. The van der Waals surface area contributed by atoms with E-state index in [4.69, 9.17) is 10.5 Å². The van der Waals surface area contributed by atoms with E-state index in [2.05, 4.69) is 30.5 Å². The maximum atomic E-state index is 5.95. The molecule has 0 spiro atoms. The Balaban J connectivity index is 1.41. The van der Waals surface area contributed by atoms with Crippen LogP contribution < -0.4 is 10.6 Å². The molecular weight excluding hydrogens is 304 g/mol. The van der Waals surface area contributed by atoms with Crippen LogP contribution in [0.15, 0.2) is 24.8 Å². The third-order valence-electron chi connectivity index (χ3n) is 5.06. The van der Waals surface area contributed by atoms with Gasteiger partial charge in [0.05, 0.1) is 18.6 Å². The van der Waals surface area contributed by atoms with E-state index in [0.717, 1.165) is 63.6 Å². The number of rotatable bonds is 4. The van der Waals surface area contributed by atoms with E-state index in [9.17, 15) is 0 Å². The van der Waals surface area contributed by atoms with Crippen molar-refractivity contribution in [2.45, 2.75) is 31.7 Å². The summed E-state index contributed by atoms with van der Waals surface area (Å²) in [7, 11) is 0. The quantitative estimate of drug-likeness (QED) is 0.919. The highest BCUT2D eigenvalue weighted by molar-refractivity contribution is 5.44. The van der Waals surface area contributed by atoms with E-state index >= 15 is 0 Å². The highest BCUT2D eigenvalue weighted by Gasteiger charge is 2.24. The lowest BCUT2D eigenvalue weighted by atomic mass is 9.96. The van der Waals surface area contributed by atoms with Gasteiger partial charge in [-0.05, 0) is 25.2 Å². The van der Waals surface area contributed by atoms with E-state index < -0.39 is 0 Å². The summed E-state index contributed by atoms with van der Waals surface area (Å²) in [6, 6.07) is 2.10. The molecule has 2 saturated heterocycles. The molecule has 4 rings (SSSR count). The first-order valence-corrected chi connectivity index (χ1v) is 8.71. The van der Waals surface area contributed by atoms with Gasteiger partial charge < -0.3 is 19.9 Å². The fraction of sp³-hybridized carbons (Fsp3) is 0.588. The maximum Gasteiger partial charge on any atom is 0.222 e. The molecule has 0 amide bonds. The number of imidazole rings is 1. The SMILES string of the molecule is Nc1nc([C@@H]2CCOC2)cc(N2CCC(Cn3ccnc3)CC2)n1. The zero-order chi connectivity index (χ0) is 16.4. The fourth-order valence-corrected chi connectivity index (χ4v) is 3.65. The van der Waals surface area contributed by atoms with E-state index in [1.165, 1.54) is 0 Å². The molecule has 0 saturated carbocycles. The Morgan fingerprint density at radius 2 is 2.08 bits per heavy atom. The van der Waals surface area contributed by atoms with E-state index in [-0.39, 0.29) is 0 Å². The zero-order valence-corrected chi connectivity index (χ0v) is 13.8. The predicted octanol–water partition coefficient (Wildman–Crippen LogP) is 1.68. The van der Waals surface area contributed by atoms with Crippen molar-refractivity contribution in [2.24, 2.45) is 5.92 Å². The molecule has 0 aromatic carbocycles. The van der Waals surface area contributed by atoms with Gasteiger partial charge in [-0.2, -0.15) is 4.98 Å². The largest absolute Gasteiger partial charge is 0.381 e. The molecule has 2 aromatic rings. The molecule has 2 aromatic heterocycles. The third kappa shape index (κ3) is 3.36. The van der Waals surface area contributed by atoms with Crippen LogP contribution in [0.2, 0.25) is 0 Å². The van der Waals surface area contributed by atoms with Crippen LogP contribution in [0, 0.1) is 5.92 Å². The molecular formula is C17H24N6O. The van der Waals surface area contributed by atoms with Crippen LogP contribution >= 0.6 is 0 Å². The maximum absolute atomic E-state index is 5.95. The van der Waals surface area contributed by atoms with Gasteiger partial charge >= 0.3 is 0 Å². The number of anilines is 2. The second-order valence-corrected chi connectivity index (χ2v) is 6.76. The molecule has 2 fully saturated rings. The monoisotopic (exact) mass is 328 g/mol. The number of hydrogen-bond donors (Lipinski definition) is 1. The van der Waals surface area contributed by atoms with Gasteiger partial charge in [-0.25, -0.2) is 9.97 Å². The van der Waals surface area contributed by atoms with Crippen molar-refractivity contribution in [1.82, 2.24) is 19.5 Å². The normalized spacial score (nSPS) is 22.2. The van der Waals surface area contributed by atoms with Crippen molar-refractivity contribution in [3.05, 3.63) is 30.5 Å². The molecule has 0 unspecified atom stereocenters. The molecule has 1 atom stereocenters. The van der Waals surface area contributed by atoms with Gasteiger partial charge in [-0.1, -0.05) is 0 Å². The molecule has 4 heterocycles. The van der Waals surface area contributed by atoms with Crippen molar-refractivity contribution < 1.29 is 4.74 Å². The van der Waals surface area contributed by atoms with Gasteiger partial charge in [0.1, 0.15) is 5.82 Å². The Kier molecular flexibility index (Phi) is 4.34. The van der Waals surface area contributed by atoms with E-state index in [0.29, 0.717) is 17.8 Å². The Morgan fingerprint density at radius 1 is 1.21 bits per heavy atom. The van der Waals surface area contributed by atoms with Gasteiger partial charge in [0.15, 0.2) is 0 Å². The number of nitrogen functional groups attached to an aromatic ring is 1. The summed E-state index contributed by atoms with van der Waals surface area (Å²) in [5.74, 6) is 2.38. The lowest BCUT2D eigenvalue weighted by Gasteiger charge is -2.33. The van der Waals surface area contributed by atoms with Gasteiger partial charge in [-0.3, -0.25) is 0 Å². The third-order valence-corrected chi connectivity index (χ3v) is 5.06. The first kappa shape index (κ1) is 15.4. The van der Waals surface area contributed by atoms with Crippen LogP contribution in [0.3, 0.4) is 0 Å². The molecule has 0 radical (unpaired) electrons. The molecule has 7 heteroatoms. The standard InChI is InChI=1S/C17H24N6O/c18-17-20-15(14-3-8-24-11-14)9-16(21-17)23-5-1-13(2-6-23)10-22-7-4-19-12-22/h4,7,9,12-14H,1-3,5-6,8,10-11H2,(H2,18,20,21)/t14-/m1/s1. The first-order valence-electron chi connectivity index (χ1n) is 8.71. The minimum atomic E-state index is 0.354. The van der Waals surface area contributed by atoms with Gasteiger partial charge in [-0.15, -0.1) is 0 Å². The summed E-state index contributed by atoms with van der Waals surface area (Å²) in [6.07, 6.45) is 9.10. The Bertz CT molecular complexity index is 660. The second kappa shape index (κ2) is 6.76. The van der Waals surface area contributed by atoms with Crippen molar-refractivity contribution in [3.63, 3.8) is 0 Å². The van der Waals surface area contributed by atoms with Crippen LogP contribution in [0.4, 0.5) is 11.8 Å². The molecule has 2 aliphatic heterocycles. The van der Waals surface area contributed by atoms with Crippen LogP contribution in [0.5, 0.6) is 0 Å². The number of ether oxygens (including phenoxy) is 1. The minimum Gasteiger partial charge on any atom is -0.381 e. The van der Waals surface area contributed by atoms with Crippen LogP contribution in [0.1, 0.15) is 30.9 Å². The summed E-state index contributed by atoms with van der Waals surface area (Å²) in [5, 5.41) is 0. The number of nitrogens with two attached hydrogens (primary N) is 1. The molecule has 24 heavy (non-hydrogen) atoms. The predicted molar refractivity (Wildman–Crippen MR) is 91.8 cm³/mol. The smallest absolute Gasteiger partial charge is 0.222 e. The molecule has 128 valence electrons. The van der Waals surface area contributed by atoms with Gasteiger partial charge in [0.25, 0.3) is 0 Å². The first-order chi connectivity index (χ1) is 11.8. The second-order valence-electron chi connectivity index (χ2n) is 6.76.